The normalized spacial score (nSPS) is 19.2. The lowest BCUT2D eigenvalue weighted by molar-refractivity contribution is -0.943. The summed E-state index contributed by atoms with van der Waals surface area (Å²) >= 11 is 0. The van der Waals surface area contributed by atoms with Crippen molar-refractivity contribution in [3.63, 3.8) is 0 Å². The Labute approximate surface area is 147 Å². The summed E-state index contributed by atoms with van der Waals surface area (Å²) in [7, 11) is 0. The first-order chi connectivity index (χ1) is 11.4. The van der Waals surface area contributed by atoms with Crippen LogP contribution in [-0.2, 0) is 11.3 Å². The molecule has 0 aliphatic carbocycles. The summed E-state index contributed by atoms with van der Waals surface area (Å²) in [6.45, 7) is 7.99. The van der Waals surface area contributed by atoms with Crippen LogP contribution in [0.1, 0.15) is 45.1 Å². The molecular weight excluding hydrogens is 298 g/mol. The van der Waals surface area contributed by atoms with E-state index in [9.17, 15) is 5.11 Å². The molecular formula is C21H32NO2+. The van der Waals surface area contributed by atoms with Gasteiger partial charge in [-0.2, -0.15) is 0 Å². The van der Waals surface area contributed by atoms with Gasteiger partial charge in [0.2, 0.25) is 0 Å². The van der Waals surface area contributed by atoms with Crippen LogP contribution in [0.15, 0.2) is 30.3 Å². The lowest BCUT2D eigenvalue weighted by Gasteiger charge is -2.39. The van der Waals surface area contributed by atoms with E-state index in [4.69, 9.17) is 11.2 Å². The van der Waals surface area contributed by atoms with Gasteiger partial charge in [-0.3, -0.25) is 0 Å². The first kappa shape index (κ1) is 19.0. The lowest BCUT2D eigenvalue weighted by Crippen LogP contribution is -2.53. The minimum Gasteiger partial charge on any atom is -0.385 e. The molecule has 3 heteroatoms. The zero-order valence-electron chi connectivity index (χ0n) is 15.2. The summed E-state index contributed by atoms with van der Waals surface area (Å²) in [6.07, 6.45) is 10.0. The van der Waals surface area contributed by atoms with Crippen LogP contribution < -0.4 is 0 Å². The number of aliphatic hydroxyl groups is 1. The molecule has 1 aliphatic heterocycles. The predicted molar refractivity (Wildman–Crippen MR) is 98.3 cm³/mol. The van der Waals surface area contributed by atoms with Gasteiger partial charge in [0.25, 0.3) is 0 Å². The van der Waals surface area contributed by atoms with Crippen molar-refractivity contribution in [3.8, 4) is 12.3 Å². The van der Waals surface area contributed by atoms with Crippen molar-refractivity contribution >= 4 is 0 Å². The van der Waals surface area contributed by atoms with Gasteiger partial charge >= 0.3 is 0 Å². The van der Waals surface area contributed by atoms with E-state index in [2.05, 4.69) is 36.3 Å². The molecule has 2 rings (SSSR count). The number of rotatable bonds is 7. The smallest absolute Gasteiger partial charge is 0.126 e. The summed E-state index contributed by atoms with van der Waals surface area (Å²) in [5.41, 5.74) is 0.723. The van der Waals surface area contributed by atoms with Crippen molar-refractivity contribution in [3.05, 3.63) is 35.9 Å². The molecule has 1 aromatic rings. The lowest BCUT2D eigenvalue weighted by atomic mass is 10.1. The predicted octanol–water partition coefficient (Wildman–Crippen LogP) is 3.37. The van der Waals surface area contributed by atoms with Crippen LogP contribution in [0.4, 0.5) is 0 Å². The molecule has 1 fully saturated rings. The Morgan fingerprint density at radius 1 is 1.17 bits per heavy atom. The molecule has 0 aromatic heterocycles. The van der Waals surface area contributed by atoms with Crippen LogP contribution >= 0.6 is 0 Å². The quantitative estimate of drug-likeness (QED) is 0.613. The van der Waals surface area contributed by atoms with E-state index >= 15 is 0 Å². The first-order valence-electron chi connectivity index (χ1n) is 9.14. The molecule has 1 saturated heterocycles. The number of benzene rings is 1. The average Bonchev–Trinajstić information content (AvgIpc) is 2.80. The van der Waals surface area contributed by atoms with Gasteiger partial charge in [0, 0.05) is 5.56 Å². The second-order valence-corrected chi connectivity index (χ2v) is 7.65. The van der Waals surface area contributed by atoms with Gasteiger partial charge in [0.15, 0.2) is 0 Å². The topological polar surface area (TPSA) is 29.5 Å². The van der Waals surface area contributed by atoms with Crippen molar-refractivity contribution in [2.75, 3.05) is 26.2 Å². The second kappa shape index (κ2) is 8.67. The maximum atomic E-state index is 10.6. The van der Waals surface area contributed by atoms with E-state index in [1.165, 1.54) is 31.2 Å². The highest BCUT2D eigenvalue weighted by Crippen LogP contribution is 2.23. The van der Waals surface area contributed by atoms with Crippen molar-refractivity contribution in [1.29, 1.82) is 0 Å². The van der Waals surface area contributed by atoms with Crippen LogP contribution in [0.25, 0.3) is 0 Å². The van der Waals surface area contributed by atoms with Gasteiger partial charge in [-0.1, -0.05) is 36.3 Å². The second-order valence-electron chi connectivity index (χ2n) is 7.65. The maximum absolute atomic E-state index is 10.6. The van der Waals surface area contributed by atoms with Crippen LogP contribution in [0, 0.1) is 12.3 Å². The molecule has 0 radical (unpaired) electrons. The molecule has 132 valence electrons. The summed E-state index contributed by atoms with van der Waals surface area (Å²) in [6, 6.07) is 10.6. The molecule has 0 saturated carbocycles. The number of aliphatic hydroxyl groups excluding tert-OH is 1. The number of hydrogen-bond donors (Lipinski definition) is 1. The molecule has 1 N–H and O–H groups in total. The fourth-order valence-corrected chi connectivity index (χ4v) is 3.58. The zero-order valence-corrected chi connectivity index (χ0v) is 15.2. The van der Waals surface area contributed by atoms with Gasteiger partial charge in [0.05, 0.1) is 19.7 Å². The third kappa shape index (κ3) is 5.94. The van der Waals surface area contributed by atoms with Crippen LogP contribution in [0.5, 0.6) is 0 Å². The Kier molecular flexibility index (Phi) is 6.86. The number of ether oxygens (including phenoxy) is 1. The van der Waals surface area contributed by atoms with Crippen molar-refractivity contribution < 1.29 is 14.3 Å². The number of hydrogen-bond acceptors (Lipinski definition) is 2. The molecule has 0 bridgehead atoms. The summed E-state index contributed by atoms with van der Waals surface area (Å²) in [4.78, 5) is 0. The summed E-state index contributed by atoms with van der Waals surface area (Å²) in [5, 5.41) is 10.6. The van der Waals surface area contributed by atoms with Gasteiger partial charge in [-0.15, -0.1) is 6.42 Å². The van der Waals surface area contributed by atoms with Gasteiger partial charge in [-0.05, 0) is 39.5 Å². The van der Waals surface area contributed by atoms with E-state index in [1.807, 2.05) is 13.8 Å². The molecule has 0 amide bonds. The van der Waals surface area contributed by atoms with Gasteiger partial charge < -0.3 is 14.3 Å². The molecule has 24 heavy (non-hydrogen) atoms. The molecule has 1 heterocycles. The Balaban J connectivity index is 2.04. The van der Waals surface area contributed by atoms with Crippen molar-refractivity contribution in [2.45, 2.75) is 57.8 Å². The SMILES string of the molecule is C#CC(C)(C)OC[C@@H](O)C[N+]1(Cc2ccccc2)CCCCCC1. The molecule has 1 aliphatic rings. The number of nitrogens with zero attached hydrogens (tertiary/aromatic N) is 1. The fraction of sp³-hybridized carbons (Fsp3) is 0.619. The first-order valence-corrected chi connectivity index (χ1v) is 9.14. The number of terminal acetylenes is 1. The zero-order chi connectivity index (χ0) is 17.5. The third-order valence-corrected chi connectivity index (χ3v) is 4.96. The molecule has 1 aromatic carbocycles. The van der Waals surface area contributed by atoms with E-state index < -0.39 is 11.7 Å². The Morgan fingerprint density at radius 3 is 2.38 bits per heavy atom. The Morgan fingerprint density at radius 2 is 1.79 bits per heavy atom. The molecule has 0 unspecified atom stereocenters. The highest BCUT2D eigenvalue weighted by molar-refractivity contribution is 5.13. The highest BCUT2D eigenvalue weighted by Gasteiger charge is 2.32. The minimum atomic E-state index is -0.621. The summed E-state index contributed by atoms with van der Waals surface area (Å²) in [5.74, 6) is 2.62. The minimum absolute atomic E-state index is 0.298. The highest BCUT2D eigenvalue weighted by atomic mass is 16.5. The van der Waals surface area contributed by atoms with E-state index in [0.717, 1.165) is 30.7 Å². The van der Waals surface area contributed by atoms with Gasteiger partial charge in [-0.25, -0.2) is 0 Å². The molecule has 0 spiro atoms. The van der Waals surface area contributed by atoms with Crippen LogP contribution in [-0.4, -0.2) is 47.5 Å². The van der Waals surface area contributed by atoms with Crippen LogP contribution in [0.3, 0.4) is 0 Å². The largest absolute Gasteiger partial charge is 0.385 e. The van der Waals surface area contributed by atoms with E-state index in [1.54, 1.807) is 0 Å². The molecule has 3 nitrogen and oxygen atoms in total. The van der Waals surface area contributed by atoms with Crippen molar-refractivity contribution in [2.24, 2.45) is 0 Å². The standard InChI is InChI=1S/C21H32NO2/c1-4-21(2,3)24-18-20(23)17-22(14-10-5-6-11-15-22)16-19-12-8-7-9-13-19/h1,7-9,12-13,20,23H,5-6,10-11,14-18H2,2-3H3/q+1/t20-/m0/s1. The third-order valence-electron chi connectivity index (χ3n) is 4.96. The average molecular weight is 330 g/mol. The number of likely N-dealkylation sites (tertiary alicyclic amines) is 1. The van der Waals surface area contributed by atoms with Gasteiger partial charge in [0.1, 0.15) is 24.8 Å². The van der Waals surface area contributed by atoms with E-state index in [0.29, 0.717) is 6.61 Å². The monoisotopic (exact) mass is 330 g/mol. The Hall–Kier alpha value is -1.34. The molecule has 1 atom stereocenters. The number of quaternary nitrogens is 1. The van der Waals surface area contributed by atoms with E-state index in [-0.39, 0.29) is 0 Å². The maximum Gasteiger partial charge on any atom is 0.126 e. The fourth-order valence-electron chi connectivity index (χ4n) is 3.58. The van der Waals surface area contributed by atoms with Crippen LogP contribution in [0.2, 0.25) is 0 Å². The summed E-state index contributed by atoms with van der Waals surface area (Å²) < 4.78 is 6.66. The van der Waals surface area contributed by atoms with Crippen molar-refractivity contribution in [1.82, 2.24) is 0 Å². The Bertz CT molecular complexity index is 525.